The van der Waals surface area contributed by atoms with Gasteiger partial charge in [0.2, 0.25) is 11.8 Å². The number of carbonyl (C=O) groups is 4. The van der Waals surface area contributed by atoms with Crippen molar-refractivity contribution in [3.63, 3.8) is 0 Å². The number of ketones is 1. The van der Waals surface area contributed by atoms with E-state index in [-0.39, 0.29) is 30.4 Å². The number of benzene rings is 1. The molecule has 1 rings (SSSR count). The van der Waals surface area contributed by atoms with Gasteiger partial charge in [0.1, 0.15) is 0 Å². The molecule has 0 aliphatic rings. The number of ether oxygens (including phenoxy) is 2. The Balaban J connectivity index is 3.21. The lowest BCUT2D eigenvalue weighted by Gasteiger charge is -2.15. The normalized spacial score (nSPS) is 10.1. The average Bonchev–Trinajstić information content (AvgIpc) is 2.47. The highest BCUT2D eigenvalue weighted by Crippen LogP contribution is 2.21. The lowest BCUT2D eigenvalue weighted by Crippen LogP contribution is -2.35. The number of hydrogen-bond acceptors (Lipinski definition) is 6. The summed E-state index contributed by atoms with van der Waals surface area (Å²) in [4.78, 5) is 47.8. The van der Waals surface area contributed by atoms with E-state index in [2.05, 4.69) is 5.32 Å². The molecule has 0 radical (unpaired) electrons. The highest BCUT2D eigenvalue weighted by Gasteiger charge is 2.38. The molecular formula is C16H19NO6. The molecule has 1 aromatic carbocycles. The lowest BCUT2D eigenvalue weighted by atomic mass is 9.96. The van der Waals surface area contributed by atoms with Crippen LogP contribution in [0.25, 0.3) is 0 Å². The molecule has 23 heavy (non-hydrogen) atoms. The first-order valence-corrected chi connectivity index (χ1v) is 7.16. The zero-order valence-corrected chi connectivity index (χ0v) is 13.3. The molecule has 0 aliphatic carbocycles. The number of hydrogen-bond donors (Lipinski definition) is 1. The minimum atomic E-state index is -1.72. The van der Waals surface area contributed by atoms with Gasteiger partial charge in [-0.1, -0.05) is 12.1 Å². The van der Waals surface area contributed by atoms with Crippen LogP contribution in [0.4, 0.5) is 5.69 Å². The highest BCUT2D eigenvalue weighted by molar-refractivity contribution is 6.22. The molecule has 0 bridgehead atoms. The van der Waals surface area contributed by atoms with Crippen LogP contribution in [-0.4, -0.2) is 36.8 Å². The molecule has 0 aromatic heterocycles. The molecule has 0 fully saturated rings. The van der Waals surface area contributed by atoms with Crippen molar-refractivity contribution in [2.24, 2.45) is 5.92 Å². The van der Waals surface area contributed by atoms with Gasteiger partial charge in [-0.15, -0.1) is 0 Å². The van der Waals surface area contributed by atoms with Crippen molar-refractivity contribution >= 4 is 29.3 Å². The van der Waals surface area contributed by atoms with Crippen LogP contribution in [0.1, 0.15) is 31.1 Å². The number of para-hydroxylation sites is 1. The molecule has 0 spiro atoms. The van der Waals surface area contributed by atoms with Gasteiger partial charge in [0.25, 0.3) is 0 Å². The van der Waals surface area contributed by atoms with Gasteiger partial charge in [0.15, 0.2) is 5.78 Å². The third-order valence-corrected chi connectivity index (χ3v) is 2.81. The Bertz CT molecular complexity index is 592. The molecule has 0 saturated heterocycles. The lowest BCUT2D eigenvalue weighted by molar-refractivity contribution is -0.158. The maximum Gasteiger partial charge on any atom is 0.328 e. The molecule has 1 amide bonds. The zero-order chi connectivity index (χ0) is 17.4. The fourth-order valence-corrected chi connectivity index (χ4v) is 1.91. The summed E-state index contributed by atoms with van der Waals surface area (Å²) in [5.41, 5.74) is 0.248. The Kier molecular flexibility index (Phi) is 6.92. The zero-order valence-electron chi connectivity index (χ0n) is 13.3. The van der Waals surface area contributed by atoms with Gasteiger partial charge < -0.3 is 14.8 Å². The van der Waals surface area contributed by atoms with Crippen molar-refractivity contribution in [1.82, 2.24) is 0 Å². The second kappa shape index (κ2) is 8.67. The molecule has 7 nitrogen and oxygen atoms in total. The Labute approximate surface area is 134 Å². The van der Waals surface area contributed by atoms with Crippen LogP contribution >= 0.6 is 0 Å². The Morgan fingerprint density at radius 2 is 1.52 bits per heavy atom. The van der Waals surface area contributed by atoms with Gasteiger partial charge in [-0.05, 0) is 26.0 Å². The molecule has 0 aliphatic heterocycles. The molecule has 124 valence electrons. The molecule has 7 heteroatoms. The number of esters is 2. The van der Waals surface area contributed by atoms with Crippen LogP contribution in [0.3, 0.4) is 0 Å². The van der Waals surface area contributed by atoms with Crippen molar-refractivity contribution in [2.45, 2.75) is 20.8 Å². The maximum atomic E-state index is 12.6. The topological polar surface area (TPSA) is 98.8 Å². The van der Waals surface area contributed by atoms with Gasteiger partial charge in [-0.25, -0.2) is 0 Å². The van der Waals surface area contributed by atoms with Crippen molar-refractivity contribution < 1.29 is 28.7 Å². The fraction of sp³-hybridized carbons (Fsp3) is 0.375. The van der Waals surface area contributed by atoms with Crippen LogP contribution in [0, 0.1) is 5.92 Å². The first-order valence-electron chi connectivity index (χ1n) is 7.16. The van der Waals surface area contributed by atoms with E-state index in [0.29, 0.717) is 0 Å². The summed E-state index contributed by atoms with van der Waals surface area (Å²) in [5.74, 6) is -4.84. The number of Topliss-reactive ketones (excluding diaryl/α,β-unsaturated/α-hetero) is 1. The second-order valence-corrected chi connectivity index (χ2v) is 4.53. The third kappa shape index (κ3) is 4.91. The van der Waals surface area contributed by atoms with E-state index in [1.54, 1.807) is 26.0 Å². The SMILES string of the molecule is CCOC(=O)C(C(=O)OCC)C(=O)c1ccccc1NC(C)=O. The summed E-state index contributed by atoms with van der Waals surface area (Å²) >= 11 is 0. The summed E-state index contributed by atoms with van der Waals surface area (Å²) in [7, 11) is 0. The molecule has 0 atom stereocenters. The monoisotopic (exact) mass is 321 g/mol. The Hall–Kier alpha value is -2.70. The van der Waals surface area contributed by atoms with Crippen LogP contribution < -0.4 is 5.32 Å². The van der Waals surface area contributed by atoms with Gasteiger partial charge in [0, 0.05) is 12.5 Å². The smallest absolute Gasteiger partial charge is 0.328 e. The first-order chi connectivity index (χ1) is 10.9. The van der Waals surface area contributed by atoms with Gasteiger partial charge >= 0.3 is 11.9 Å². The largest absolute Gasteiger partial charge is 0.465 e. The summed E-state index contributed by atoms with van der Waals surface area (Å²) < 4.78 is 9.57. The molecule has 0 unspecified atom stereocenters. The number of amides is 1. The Morgan fingerprint density at radius 3 is 2.00 bits per heavy atom. The van der Waals surface area contributed by atoms with Gasteiger partial charge in [-0.2, -0.15) is 0 Å². The molecule has 0 heterocycles. The van der Waals surface area contributed by atoms with Gasteiger partial charge in [0.05, 0.1) is 18.9 Å². The van der Waals surface area contributed by atoms with Gasteiger partial charge in [-0.3, -0.25) is 19.2 Å². The summed E-state index contributed by atoms with van der Waals surface area (Å²) in [6.07, 6.45) is 0. The highest BCUT2D eigenvalue weighted by atomic mass is 16.6. The third-order valence-electron chi connectivity index (χ3n) is 2.81. The van der Waals surface area contributed by atoms with E-state index in [1.807, 2.05) is 0 Å². The predicted molar refractivity (Wildman–Crippen MR) is 81.8 cm³/mol. The van der Waals surface area contributed by atoms with E-state index in [9.17, 15) is 19.2 Å². The summed E-state index contributed by atoms with van der Waals surface area (Å²) in [6.45, 7) is 4.46. The predicted octanol–water partition coefficient (Wildman–Crippen LogP) is 1.57. The van der Waals surface area contributed by atoms with Crippen LogP contribution in [0.5, 0.6) is 0 Å². The number of rotatable bonds is 7. The quantitative estimate of drug-likeness (QED) is 0.465. The first kappa shape index (κ1) is 18.3. The van der Waals surface area contributed by atoms with Crippen molar-refractivity contribution in [3.05, 3.63) is 29.8 Å². The van der Waals surface area contributed by atoms with E-state index in [4.69, 9.17) is 9.47 Å². The van der Waals surface area contributed by atoms with Crippen molar-refractivity contribution in [1.29, 1.82) is 0 Å². The van der Waals surface area contributed by atoms with Crippen LogP contribution in [0.15, 0.2) is 24.3 Å². The number of nitrogens with one attached hydrogen (secondary N) is 1. The second-order valence-electron chi connectivity index (χ2n) is 4.53. The van der Waals surface area contributed by atoms with Crippen LogP contribution in [0.2, 0.25) is 0 Å². The maximum absolute atomic E-state index is 12.6. The van der Waals surface area contributed by atoms with E-state index >= 15 is 0 Å². The minimum Gasteiger partial charge on any atom is -0.465 e. The Morgan fingerprint density at radius 1 is 1.00 bits per heavy atom. The van der Waals surface area contributed by atoms with Crippen molar-refractivity contribution in [3.8, 4) is 0 Å². The fourth-order valence-electron chi connectivity index (χ4n) is 1.91. The minimum absolute atomic E-state index is 0.0232. The number of carbonyl (C=O) groups excluding carboxylic acids is 4. The van der Waals surface area contributed by atoms with E-state index < -0.39 is 23.6 Å². The standard InChI is InChI=1S/C16H19NO6/c1-4-22-15(20)13(16(21)23-5-2)14(19)11-8-6-7-9-12(11)17-10(3)18/h6-9,13H,4-5H2,1-3H3,(H,17,18). The molecular weight excluding hydrogens is 302 g/mol. The summed E-state index contributed by atoms with van der Waals surface area (Å²) in [5, 5.41) is 2.49. The summed E-state index contributed by atoms with van der Waals surface area (Å²) in [6, 6.07) is 6.10. The molecule has 0 saturated carbocycles. The average molecular weight is 321 g/mol. The van der Waals surface area contributed by atoms with Crippen LogP contribution in [-0.2, 0) is 23.9 Å². The molecule has 1 aromatic rings. The van der Waals surface area contributed by atoms with E-state index in [0.717, 1.165) is 0 Å². The van der Waals surface area contributed by atoms with E-state index in [1.165, 1.54) is 19.1 Å². The number of anilines is 1. The van der Waals surface area contributed by atoms with Crippen molar-refractivity contribution in [2.75, 3.05) is 18.5 Å². The molecule has 1 N–H and O–H groups in total.